The fourth-order valence-corrected chi connectivity index (χ4v) is 2.66. The summed E-state index contributed by atoms with van der Waals surface area (Å²) in [6.07, 6.45) is 0. The molecule has 2 aromatic carbocycles. The van der Waals surface area contributed by atoms with Crippen LogP contribution in [0.15, 0.2) is 36.4 Å². The quantitative estimate of drug-likeness (QED) is 0.778. The van der Waals surface area contributed by atoms with Crippen molar-refractivity contribution in [3.8, 4) is 5.75 Å². The number of benzene rings is 2. The van der Waals surface area contributed by atoms with Crippen LogP contribution < -0.4 is 4.74 Å². The summed E-state index contributed by atoms with van der Waals surface area (Å²) in [5.74, 6) is 0.277. The van der Waals surface area contributed by atoms with Crippen molar-refractivity contribution in [3.63, 3.8) is 0 Å². The molecular weight excluding hydrogens is 267 g/mol. The van der Waals surface area contributed by atoms with Crippen LogP contribution in [0.4, 0.5) is 4.39 Å². The molecule has 3 heteroatoms. The highest BCUT2D eigenvalue weighted by Gasteiger charge is 2.32. The van der Waals surface area contributed by atoms with Gasteiger partial charge in [-0.25, -0.2) is 4.39 Å². The number of carbonyl (C=O) groups is 1. The van der Waals surface area contributed by atoms with Crippen LogP contribution in [0.1, 0.15) is 40.9 Å². The largest absolute Gasteiger partial charge is 0.492 e. The molecule has 0 N–H and O–H groups in total. The lowest BCUT2D eigenvalue weighted by Crippen LogP contribution is -2.18. The Labute approximate surface area is 123 Å². The summed E-state index contributed by atoms with van der Waals surface area (Å²) in [5, 5.41) is 0. The lowest BCUT2D eigenvalue weighted by molar-refractivity contribution is 0.103. The highest BCUT2D eigenvalue weighted by Crippen LogP contribution is 2.39. The predicted molar refractivity (Wildman–Crippen MR) is 79.5 cm³/mol. The number of ketones is 1. The minimum Gasteiger partial charge on any atom is -0.492 e. The van der Waals surface area contributed by atoms with E-state index in [0.717, 1.165) is 16.9 Å². The first-order chi connectivity index (χ1) is 9.88. The summed E-state index contributed by atoms with van der Waals surface area (Å²) in [5.41, 5.74) is 2.68. The van der Waals surface area contributed by atoms with Crippen LogP contribution in [0.2, 0.25) is 0 Å². The van der Waals surface area contributed by atoms with Crippen LogP contribution in [0.25, 0.3) is 0 Å². The third-order valence-electron chi connectivity index (χ3n) is 4.00. The van der Waals surface area contributed by atoms with Crippen molar-refractivity contribution < 1.29 is 13.9 Å². The summed E-state index contributed by atoms with van der Waals surface area (Å²) in [6.45, 7) is 6.59. The summed E-state index contributed by atoms with van der Waals surface area (Å²) in [4.78, 5) is 12.6. The molecule has 1 heterocycles. The molecule has 2 nitrogen and oxygen atoms in total. The topological polar surface area (TPSA) is 26.3 Å². The molecule has 3 rings (SSSR count). The van der Waals surface area contributed by atoms with Crippen LogP contribution >= 0.6 is 0 Å². The highest BCUT2D eigenvalue weighted by molar-refractivity contribution is 6.10. The van der Waals surface area contributed by atoms with Gasteiger partial charge in [-0.15, -0.1) is 0 Å². The molecule has 0 aliphatic carbocycles. The summed E-state index contributed by atoms with van der Waals surface area (Å²) >= 11 is 0. The molecule has 0 fully saturated rings. The van der Waals surface area contributed by atoms with Crippen LogP contribution in [0.5, 0.6) is 5.75 Å². The first-order valence-corrected chi connectivity index (χ1v) is 6.97. The van der Waals surface area contributed by atoms with Crippen molar-refractivity contribution in [3.05, 3.63) is 64.5 Å². The molecule has 0 radical (unpaired) electrons. The molecule has 0 amide bonds. The van der Waals surface area contributed by atoms with Gasteiger partial charge in [-0.1, -0.05) is 19.9 Å². The first kappa shape index (κ1) is 13.8. The van der Waals surface area contributed by atoms with Crippen molar-refractivity contribution in [1.82, 2.24) is 0 Å². The fourth-order valence-electron chi connectivity index (χ4n) is 2.66. The van der Waals surface area contributed by atoms with E-state index in [2.05, 4.69) is 13.8 Å². The average molecular weight is 284 g/mol. The Hall–Kier alpha value is -2.16. The lowest BCUT2D eigenvalue weighted by atomic mass is 9.85. The Morgan fingerprint density at radius 1 is 1.19 bits per heavy atom. The minimum absolute atomic E-state index is 0.109. The van der Waals surface area contributed by atoms with Crippen molar-refractivity contribution in [2.75, 3.05) is 6.61 Å². The van der Waals surface area contributed by atoms with Crippen LogP contribution in [0.3, 0.4) is 0 Å². The number of fused-ring (bicyclic) bond motifs is 1. The number of halogens is 1. The monoisotopic (exact) mass is 284 g/mol. The minimum atomic E-state index is -0.395. The molecule has 0 saturated heterocycles. The Morgan fingerprint density at radius 2 is 1.95 bits per heavy atom. The van der Waals surface area contributed by atoms with Crippen LogP contribution in [-0.2, 0) is 5.41 Å². The third kappa shape index (κ3) is 2.33. The molecule has 2 aromatic rings. The van der Waals surface area contributed by atoms with Gasteiger partial charge in [-0.05, 0) is 42.8 Å². The second-order valence-electron chi connectivity index (χ2n) is 6.17. The number of rotatable bonds is 2. The zero-order valence-electron chi connectivity index (χ0n) is 12.4. The van der Waals surface area contributed by atoms with Gasteiger partial charge in [-0.3, -0.25) is 4.79 Å². The standard InChI is InChI=1S/C18H17FO2/c1-11-4-6-13(19)9-14(11)17(20)12-5-7-16-15(8-12)18(2,3)10-21-16/h4-9H,10H2,1-3H3. The zero-order valence-corrected chi connectivity index (χ0v) is 12.4. The first-order valence-electron chi connectivity index (χ1n) is 6.97. The van der Waals surface area contributed by atoms with E-state index in [0.29, 0.717) is 17.7 Å². The van der Waals surface area contributed by atoms with E-state index < -0.39 is 5.82 Å². The SMILES string of the molecule is Cc1ccc(F)cc1C(=O)c1ccc2c(c1)C(C)(C)CO2. The molecule has 0 bridgehead atoms. The van der Waals surface area contributed by atoms with Crippen molar-refractivity contribution in [2.45, 2.75) is 26.2 Å². The number of hydrogen-bond donors (Lipinski definition) is 0. The van der Waals surface area contributed by atoms with Gasteiger partial charge in [0.1, 0.15) is 11.6 Å². The van der Waals surface area contributed by atoms with Gasteiger partial charge < -0.3 is 4.74 Å². The van der Waals surface area contributed by atoms with Crippen molar-refractivity contribution >= 4 is 5.78 Å². The maximum Gasteiger partial charge on any atom is 0.193 e. The van der Waals surface area contributed by atoms with Gasteiger partial charge in [0.2, 0.25) is 0 Å². The average Bonchev–Trinajstić information content (AvgIpc) is 2.76. The van der Waals surface area contributed by atoms with Gasteiger partial charge in [0.05, 0.1) is 6.61 Å². The number of carbonyl (C=O) groups excluding carboxylic acids is 1. The van der Waals surface area contributed by atoms with E-state index in [4.69, 9.17) is 4.74 Å². The summed E-state index contributed by atoms with van der Waals surface area (Å²) in [7, 11) is 0. The molecule has 0 aromatic heterocycles. The Bertz CT molecular complexity index is 732. The lowest BCUT2D eigenvalue weighted by Gasteiger charge is -2.15. The Morgan fingerprint density at radius 3 is 2.71 bits per heavy atom. The number of hydrogen-bond acceptors (Lipinski definition) is 2. The van der Waals surface area contributed by atoms with Gasteiger partial charge in [-0.2, -0.15) is 0 Å². The van der Waals surface area contributed by atoms with Crippen LogP contribution in [-0.4, -0.2) is 12.4 Å². The molecule has 0 unspecified atom stereocenters. The molecule has 0 saturated carbocycles. The van der Waals surface area contributed by atoms with E-state index >= 15 is 0 Å². The second kappa shape index (κ2) is 4.69. The van der Waals surface area contributed by atoms with E-state index in [9.17, 15) is 9.18 Å². The van der Waals surface area contributed by atoms with Crippen LogP contribution in [0, 0.1) is 12.7 Å². The van der Waals surface area contributed by atoms with E-state index in [1.807, 2.05) is 19.1 Å². The van der Waals surface area contributed by atoms with E-state index in [1.54, 1.807) is 12.1 Å². The molecule has 108 valence electrons. The summed E-state index contributed by atoms with van der Waals surface area (Å²) in [6, 6.07) is 9.73. The van der Waals surface area contributed by atoms with Gasteiger partial charge in [0.25, 0.3) is 0 Å². The molecule has 1 aliphatic rings. The number of ether oxygens (including phenoxy) is 1. The van der Waals surface area contributed by atoms with Gasteiger partial charge in [0, 0.05) is 22.1 Å². The molecule has 21 heavy (non-hydrogen) atoms. The van der Waals surface area contributed by atoms with Gasteiger partial charge >= 0.3 is 0 Å². The highest BCUT2D eigenvalue weighted by atomic mass is 19.1. The Kier molecular flexibility index (Phi) is 3.08. The third-order valence-corrected chi connectivity index (χ3v) is 4.00. The second-order valence-corrected chi connectivity index (χ2v) is 6.17. The zero-order chi connectivity index (χ0) is 15.2. The fraction of sp³-hybridized carbons (Fsp3) is 0.278. The van der Waals surface area contributed by atoms with Crippen molar-refractivity contribution in [1.29, 1.82) is 0 Å². The van der Waals surface area contributed by atoms with Gasteiger partial charge in [0.15, 0.2) is 5.78 Å². The normalized spacial score (nSPS) is 15.4. The molecule has 0 spiro atoms. The van der Waals surface area contributed by atoms with E-state index in [-0.39, 0.29) is 11.2 Å². The molecule has 1 aliphatic heterocycles. The predicted octanol–water partition coefficient (Wildman–Crippen LogP) is 4.04. The molecular formula is C18H17FO2. The maximum absolute atomic E-state index is 13.4. The Balaban J connectivity index is 2.06. The smallest absolute Gasteiger partial charge is 0.193 e. The van der Waals surface area contributed by atoms with E-state index in [1.165, 1.54) is 12.1 Å². The summed E-state index contributed by atoms with van der Waals surface area (Å²) < 4.78 is 19.0. The number of aryl methyl sites for hydroxylation is 1. The molecule has 0 atom stereocenters. The maximum atomic E-state index is 13.4. The van der Waals surface area contributed by atoms with Crippen molar-refractivity contribution in [2.24, 2.45) is 0 Å².